The number of phenolic OH excluding ortho intramolecular Hbond substituents is 2. The lowest BCUT2D eigenvalue weighted by Crippen LogP contribution is -2.17. The molecule has 23 heavy (non-hydrogen) atoms. The van der Waals surface area contributed by atoms with E-state index in [2.05, 4.69) is 10.5 Å². The zero-order valence-corrected chi connectivity index (χ0v) is 12.9. The number of hydrogen-bond donors (Lipinski definition) is 3. The van der Waals surface area contributed by atoms with Crippen molar-refractivity contribution in [2.45, 2.75) is 20.0 Å². The highest BCUT2D eigenvalue weighted by molar-refractivity contribution is 5.95. The lowest BCUT2D eigenvalue weighted by Gasteiger charge is -2.09. The van der Waals surface area contributed by atoms with E-state index >= 15 is 0 Å². The zero-order chi connectivity index (χ0) is 16.8. The number of hydrogen-bond acceptors (Lipinski definition) is 5. The van der Waals surface area contributed by atoms with Crippen LogP contribution in [0.5, 0.6) is 17.2 Å². The van der Waals surface area contributed by atoms with Gasteiger partial charge >= 0.3 is 0 Å². The zero-order valence-electron chi connectivity index (χ0n) is 12.9. The molecule has 0 spiro atoms. The van der Waals surface area contributed by atoms with Gasteiger partial charge in [0, 0.05) is 11.1 Å². The molecule has 0 unspecified atom stereocenters. The molecule has 0 aromatic heterocycles. The highest BCUT2D eigenvalue weighted by Crippen LogP contribution is 2.26. The standard InChI is InChI=1S/C17H18N2O4/c1-11(2)23-14-8-6-12(7-9-14)17(22)19-18-10-13-4-3-5-15(20)16(13)21/h3-11,20-21H,1-2H3,(H,19,22)/b18-10+. The van der Waals surface area contributed by atoms with Gasteiger partial charge in [0.05, 0.1) is 12.3 Å². The van der Waals surface area contributed by atoms with E-state index in [1.54, 1.807) is 36.4 Å². The van der Waals surface area contributed by atoms with Gasteiger partial charge in [-0.25, -0.2) is 5.43 Å². The highest BCUT2D eigenvalue weighted by Gasteiger charge is 2.06. The van der Waals surface area contributed by atoms with Gasteiger partial charge in [-0.3, -0.25) is 4.79 Å². The van der Waals surface area contributed by atoms with Gasteiger partial charge in [-0.1, -0.05) is 6.07 Å². The molecule has 0 aliphatic heterocycles. The summed E-state index contributed by atoms with van der Waals surface area (Å²) >= 11 is 0. The Morgan fingerprint density at radius 3 is 2.52 bits per heavy atom. The summed E-state index contributed by atoms with van der Waals surface area (Å²) in [5, 5.41) is 22.7. The normalized spacial score (nSPS) is 10.9. The summed E-state index contributed by atoms with van der Waals surface area (Å²) in [6.07, 6.45) is 1.32. The quantitative estimate of drug-likeness (QED) is 0.449. The smallest absolute Gasteiger partial charge is 0.271 e. The first-order valence-electron chi connectivity index (χ1n) is 7.08. The number of amides is 1. The lowest BCUT2D eigenvalue weighted by atomic mass is 10.2. The number of aromatic hydroxyl groups is 2. The molecule has 0 saturated carbocycles. The fourth-order valence-electron chi connectivity index (χ4n) is 1.83. The van der Waals surface area contributed by atoms with E-state index in [4.69, 9.17) is 4.74 Å². The molecule has 0 aliphatic carbocycles. The van der Waals surface area contributed by atoms with Crippen LogP contribution in [0.15, 0.2) is 47.6 Å². The van der Waals surface area contributed by atoms with Crippen molar-refractivity contribution in [1.82, 2.24) is 5.43 Å². The van der Waals surface area contributed by atoms with Crippen LogP contribution in [0.4, 0.5) is 0 Å². The molecule has 0 aliphatic rings. The molecule has 1 amide bonds. The van der Waals surface area contributed by atoms with Crippen LogP contribution in [0.2, 0.25) is 0 Å². The van der Waals surface area contributed by atoms with E-state index in [0.29, 0.717) is 16.9 Å². The molecule has 120 valence electrons. The number of rotatable bonds is 5. The van der Waals surface area contributed by atoms with Crippen LogP contribution in [0, 0.1) is 0 Å². The van der Waals surface area contributed by atoms with Gasteiger partial charge in [-0.15, -0.1) is 0 Å². The maximum atomic E-state index is 11.9. The van der Waals surface area contributed by atoms with Crippen molar-refractivity contribution in [3.8, 4) is 17.2 Å². The van der Waals surface area contributed by atoms with Crippen LogP contribution >= 0.6 is 0 Å². The Labute approximate surface area is 134 Å². The second-order valence-corrected chi connectivity index (χ2v) is 5.11. The molecule has 0 heterocycles. The molecule has 6 nitrogen and oxygen atoms in total. The number of hydrazone groups is 1. The van der Waals surface area contributed by atoms with Crippen LogP contribution in [0.25, 0.3) is 0 Å². The number of nitrogens with one attached hydrogen (secondary N) is 1. The van der Waals surface area contributed by atoms with Crippen LogP contribution in [-0.4, -0.2) is 28.4 Å². The second-order valence-electron chi connectivity index (χ2n) is 5.11. The predicted molar refractivity (Wildman–Crippen MR) is 87.0 cm³/mol. The van der Waals surface area contributed by atoms with E-state index < -0.39 is 5.91 Å². The molecule has 6 heteroatoms. The average Bonchev–Trinajstić information content (AvgIpc) is 2.51. The number of ether oxygens (including phenoxy) is 1. The molecule has 2 rings (SSSR count). The first kappa shape index (κ1) is 16.4. The number of carbonyl (C=O) groups excluding carboxylic acids is 1. The highest BCUT2D eigenvalue weighted by atomic mass is 16.5. The maximum absolute atomic E-state index is 11.9. The number of phenols is 2. The van der Waals surface area contributed by atoms with Crippen LogP contribution in [-0.2, 0) is 0 Å². The molecule has 2 aromatic rings. The lowest BCUT2D eigenvalue weighted by molar-refractivity contribution is 0.0955. The first-order valence-corrected chi connectivity index (χ1v) is 7.08. The van der Waals surface area contributed by atoms with Crippen molar-refractivity contribution >= 4 is 12.1 Å². The largest absolute Gasteiger partial charge is 0.504 e. The summed E-state index contributed by atoms with van der Waals surface area (Å²) < 4.78 is 5.50. The van der Waals surface area contributed by atoms with Gasteiger partial charge in [0.1, 0.15) is 5.75 Å². The van der Waals surface area contributed by atoms with E-state index in [9.17, 15) is 15.0 Å². The third-order valence-corrected chi connectivity index (χ3v) is 2.90. The third-order valence-electron chi connectivity index (χ3n) is 2.90. The Kier molecular flexibility index (Phi) is 5.19. The molecule has 0 bridgehead atoms. The van der Waals surface area contributed by atoms with Crippen molar-refractivity contribution in [3.05, 3.63) is 53.6 Å². The van der Waals surface area contributed by atoms with Gasteiger partial charge in [0.2, 0.25) is 0 Å². The SMILES string of the molecule is CC(C)Oc1ccc(C(=O)N/N=C/c2cccc(O)c2O)cc1. The first-order chi connectivity index (χ1) is 11.0. The predicted octanol–water partition coefficient (Wildman–Crippen LogP) is 2.65. The van der Waals surface area contributed by atoms with Gasteiger partial charge in [0.25, 0.3) is 5.91 Å². The minimum Gasteiger partial charge on any atom is -0.504 e. The number of para-hydroxylation sites is 1. The van der Waals surface area contributed by atoms with Crippen LogP contribution < -0.4 is 10.2 Å². The van der Waals surface area contributed by atoms with Crippen LogP contribution in [0.1, 0.15) is 29.8 Å². The summed E-state index contributed by atoms with van der Waals surface area (Å²) in [6, 6.07) is 11.2. The fourth-order valence-corrected chi connectivity index (χ4v) is 1.83. The molecule has 0 fully saturated rings. The molecular formula is C17H18N2O4. The van der Waals surface area contributed by atoms with Gasteiger partial charge in [-0.2, -0.15) is 5.10 Å². The summed E-state index contributed by atoms with van der Waals surface area (Å²) in [6.45, 7) is 3.85. The topological polar surface area (TPSA) is 91.2 Å². The van der Waals surface area contributed by atoms with E-state index in [-0.39, 0.29) is 17.6 Å². The molecule has 0 radical (unpaired) electrons. The monoisotopic (exact) mass is 314 g/mol. The Morgan fingerprint density at radius 1 is 1.17 bits per heavy atom. The molecule has 3 N–H and O–H groups in total. The average molecular weight is 314 g/mol. The third kappa shape index (κ3) is 4.47. The van der Waals surface area contributed by atoms with E-state index in [0.717, 1.165) is 0 Å². The van der Waals surface area contributed by atoms with E-state index in [1.165, 1.54) is 12.3 Å². The van der Waals surface area contributed by atoms with Crippen molar-refractivity contribution < 1.29 is 19.7 Å². The second kappa shape index (κ2) is 7.31. The van der Waals surface area contributed by atoms with E-state index in [1.807, 2.05) is 13.8 Å². The number of nitrogens with zero attached hydrogens (tertiary/aromatic N) is 1. The van der Waals surface area contributed by atoms with Crippen molar-refractivity contribution in [2.24, 2.45) is 5.10 Å². The molecule has 0 saturated heterocycles. The van der Waals surface area contributed by atoms with Crippen LogP contribution in [0.3, 0.4) is 0 Å². The summed E-state index contributed by atoms with van der Waals surface area (Å²) in [5.74, 6) is -0.247. The summed E-state index contributed by atoms with van der Waals surface area (Å²) in [4.78, 5) is 11.9. The fraction of sp³-hybridized carbons (Fsp3) is 0.176. The maximum Gasteiger partial charge on any atom is 0.271 e. The summed E-state index contributed by atoms with van der Waals surface area (Å²) in [5.41, 5.74) is 3.08. The van der Waals surface area contributed by atoms with Gasteiger partial charge < -0.3 is 14.9 Å². The molecule has 0 atom stereocenters. The molecular weight excluding hydrogens is 296 g/mol. The van der Waals surface area contributed by atoms with Gasteiger partial charge in [-0.05, 0) is 50.2 Å². The molecule has 2 aromatic carbocycles. The summed E-state index contributed by atoms with van der Waals surface area (Å²) in [7, 11) is 0. The minimum atomic E-state index is -0.392. The Bertz CT molecular complexity index is 709. The minimum absolute atomic E-state index is 0.0641. The van der Waals surface area contributed by atoms with Crippen molar-refractivity contribution in [1.29, 1.82) is 0 Å². The Morgan fingerprint density at radius 2 is 1.87 bits per heavy atom. The number of benzene rings is 2. The van der Waals surface area contributed by atoms with Crippen molar-refractivity contribution in [2.75, 3.05) is 0 Å². The Hall–Kier alpha value is -3.02. The Balaban J connectivity index is 1.99. The van der Waals surface area contributed by atoms with Gasteiger partial charge in [0.15, 0.2) is 11.5 Å². The van der Waals surface area contributed by atoms with Crippen molar-refractivity contribution in [3.63, 3.8) is 0 Å². The number of carbonyl (C=O) groups is 1.